The molecule has 1 aliphatic carbocycles. The van der Waals surface area contributed by atoms with Gasteiger partial charge < -0.3 is 4.74 Å². The maximum atomic E-state index is 12.7. The summed E-state index contributed by atoms with van der Waals surface area (Å²) in [5.41, 5.74) is 0.564. The lowest BCUT2D eigenvalue weighted by Crippen LogP contribution is -2.34. The highest BCUT2D eigenvalue weighted by Gasteiger charge is 2.42. The van der Waals surface area contributed by atoms with Gasteiger partial charge in [-0.25, -0.2) is 0 Å². The van der Waals surface area contributed by atoms with Crippen molar-refractivity contribution in [2.24, 2.45) is 11.8 Å². The van der Waals surface area contributed by atoms with Crippen LogP contribution in [0.15, 0.2) is 29.2 Å². The summed E-state index contributed by atoms with van der Waals surface area (Å²) in [7, 11) is 0. The van der Waals surface area contributed by atoms with E-state index in [1.54, 1.807) is 0 Å². The molecule has 1 aromatic rings. The summed E-state index contributed by atoms with van der Waals surface area (Å²) in [6.45, 7) is 1.44. The molecule has 0 spiro atoms. The van der Waals surface area contributed by atoms with E-state index in [1.165, 1.54) is 18.7 Å². The van der Waals surface area contributed by atoms with E-state index in [2.05, 4.69) is 0 Å². The summed E-state index contributed by atoms with van der Waals surface area (Å²) in [4.78, 5) is 25.1. The van der Waals surface area contributed by atoms with Crippen LogP contribution in [0, 0.1) is 11.8 Å². The summed E-state index contributed by atoms with van der Waals surface area (Å²) in [5.74, 6) is 0.118. The van der Waals surface area contributed by atoms with Crippen molar-refractivity contribution in [2.45, 2.75) is 42.9 Å². The zero-order valence-corrected chi connectivity index (χ0v) is 12.3. The van der Waals surface area contributed by atoms with Crippen molar-refractivity contribution < 1.29 is 14.3 Å². The first-order valence-corrected chi connectivity index (χ1v) is 8.02. The number of ketones is 1. The number of rotatable bonds is 1. The quantitative estimate of drug-likeness (QED) is 0.740. The van der Waals surface area contributed by atoms with Gasteiger partial charge in [0.1, 0.15) is 0 Å². The average molecular weight is 290 g/mol. The molecular formula is C16H18O3S. The smallest absolute Gasteiger partial charge is 0.303 e. The lowest BCUT2D eigenvalue weighted by Gasteiger charge is -2.33. The zero-order valence-electron chi connectivity index (χ0n) is 11.5. The summed E-state index contributed by atoms with van der Waals surface area (Å²) in [5, 5.41) is 0. The minimum atomic E-state index is -0.265. The Morgan fingerprint density at radius 2 is 2.00 bits per heavy atom. The molecule has 2 aliphatic rings. The molecule has 0 bridgehead atoms. The van der Waals surface area contributed by atoms with Gasteiger partial charge in [-0.1, -0.05) is 42.8 Å². The molecule has 0 unspecified atom stereocenters. The Kier molecular flexibility index (Phi) is 3.83. The van der Waals surface area contributed by atoms with Gasteiger partial charge in [0.25, 0.3) is 0 Å². The van der Waals surface area contributed by atoms with Gasteiger partial charge in [-0.05, 0) is 18.9 Å². The van der Waals surface area contributed by atoms with Crippen molar-refractivity contribution in [3.05, 3.63) is 29.8 Å². The van der Waals surface area contributed by atoms with Gasteiger partial charge in [-0.2, -0.15) is 0 Å². The van der Waals surface area contributed by atoms with E-state index in [4.69, 9.17) is 4.74 Å². The van der Waals surface area contributed by atoms with Crippen molar-refractivity contribution in [3.8, 4) is 0 Å². The molecule has 1 saturated carbocycles. The highest BCUT2D eigenvalue weighted by Crippen LogP contribution is 2.45. The van der Waals surface area contributed by atoms with Gasteiger partial charge >= 0.3 is 5.97 Å². The van der Waals surface area contributed by atoms with Crippen LogP contribution >= 0.6 is 11.8 Å². The number of Topliss-reactive ketones (excluding diaryl/α,β-unsaturated/α-hetero) is 1. The molecule has 0 aromatic heterocycles. The molecule has 3 nitrogen and oxygen atoms in total. The summed E-state index contributed by atoms with van der Waals surface area (Å²) >= 11 is 1.53. The Balaban J connectivity index is 2.01. The molecule has 0 radical (unpaired) electrons. The monoisotopic (exact) mass is 290 g/mol. The van der Waals surface area contributed by atoms with Crippen molar-refractivity contribution in [3.63, 3.8) is 0 Å². The van der Waals surface area contributed by atoms with Crippen LogP contribution in [0.3, 0.4) is 0 Å². The normalized spacial score (nSPS) is 29.1. The molecule has 1 aliphatic heterocycles. The fourth-order valence-corrected chi connectivity index (χ4v) is 4.66. The Morgan fingerprint density at radius 3 is 2.80 bits per heavy atom. The average Bonchev–Trinajstić information content (AvgIpc) is 2.56. The van der Waals surface area contributed by atoms with E-state index in [9.17, 15) is 9.59 Å². The number of fused-ring (bicyclic) bond motifs is 2. The number of benzene rings is 1. The Morgan fingerprint density at radius 1 is 1.25 bits per heavy atom. The molecule has 0 saturated heterocycles. The Bertz CT molecular complexity index is 540. The topological polar surface area (TPSA) is 43.4 Å². The van der Waals surface area contributed by atoms with E-state index in [1.807, 2.05) is 24.3 Å². The van der Waals surface area contributed by atoms with Crippen LogP contribution in [0.25, 0.3) is 0 Å². The maximum Gasteiger partial charge on any atom is 0.303 e. The van der Waals surface area contributed by atoms with E-state index in [-0.39, 0.29) is 29.0 Å². The van der Waals surface area contributed by atoms with Gasteiger partial charge in [0.05, 0.1) is 0 Å². The van der Waals surface area contributed by atoms with Crippen LogP contribution in [0.5, 0.6) is 0 Å². The molecule has 20 heavy (non-hydrogen) atoms. The molecule has 1 heterocycles. The number of carbonyl (C=O) groups excluding carboxylic acids is 2. The van der Waals surface area contributed by atoms with Crippen molar-refractivity contribution in [1.82, 2.24) is 0 Å². The molecule has 0 N–H and O–H groups in total. The van der Waals surface area contributed by atoms with Crippen LogP contribution in [0.4, 0.5) is 0 Å². The first-order valence-electron chi connectivity index (χ1n) is 7.14. The van der Waals surface area contributed by atoms with Crippen molar-refractivity contribution in [2.75, 3.05) is 0 Å². The van der Waals surface area contributed by atoms with Gasteiger partial charge in [0.15, 0.2) is 11.2 Å². The van der Waals surface area contributed by atoms with E-state index >= 15 is 0 Å². The predicted molar refractivity (Wildman–Crippen MR) is 77.6 cm³/mol. The van der Waals surface area contributed by atoms with Gasteiger partial charge in [-0.3, -0.25) is 9.59 Å². The third-order valence-electron chi connectivity index (χ3n) is 4.18. The third kappa shape index (κ3) is 2.49. The van der Waals surface area contributed by atoms with Crippen molar-refractivity contribution >= 4 is 23.5 Å². The number of thioether (sulfide) groups is 1. The predicted octanol–water partition coefficient (Wildman–Crippen LogP) is 3.67. The molecular weight excluding hydrogens is 272 g/mol. The van der Waals surface area contributed by atoms with Gasteiger partial charge in [-0.15, -0.1) is 0 Å². The SMILES string of the molecule is CC(=O)O[C@H]1Sc2ccccc2C(=O)[C@H]2CCCC[C@H]21. The maximum absolute atomic E-state index is 12.7. The number of carbonyl (C=O) groups is 2. The van der Waals surface area contributed by atoms with Gasteiger partial charge in [0.2, 0.25) is 0 Å². The fourth-order valence-electron chi connectivity index (χ4n) is 3.27. The number of esters is 1. The first-order chi connectivity index (χ1) is 9.66. The molecule has 4 heteroatoms. The zero-order chi connectivity index (χ0) is 14.1. The Hall–Kier alpha value is -1.29. The fraction of sp³-hybridized carbons (Fsp3) is 0.500. The molecule has 3 atom stereocenters. The molecule has 1 aromatic carbocycles. The standard InChI is InChI=1S/C16H18O3S/c1-10(17)19-16-12-7-3-2-6-11(12)15(18)13-8-4-5-9-14(13)20-16/h4-5,8-9,11-12,16H,2-3,6-7H2,1H3/t11-,12+,16-/m0/s1. The second kappa shape index (κ2) is 5.60. The second-order valence-electron chi connectivity index (χ2n) is 5.51. The minimum Gasteiger partial charge on any atom is -0.451 e. The second-order valence-corrected chi connectivity index (χ2v) is 6.65. The van der Waals surface area contributed by atoms with Crippen LogP contribution in [-0.2, 0) is 9.53 Å². The molecule has 1 fully saturated rings. The first kappa shape index (κ1) is 13.7. The van der Waals surface area contributed by atoms with Crippen LogP contribution < -0.4 is 0 Å². The van der Waals surface area contributed by atoms with Crippen LogP contribution in [0.2, 0.25) is 0 Å². The van der Waals surface area contributed by atoms with Crippen molar-refractivity contribution in [1.29, 1.82) is 0 Å². The van der Waals surface area contributed by atoms with E-state index < -0.39 is 0 Å². The molecule has 3 rings (SSSR count). The highest BCUT2D eigenvalue weighted by atomic mass is 32.2. The van der Waals surface area contributed by atoms with Gasteiger partial charge in [0, 0.05) is 29.2 Å². The lowest BCUT2D eigenvalue weighted by molar-refractivity contribution is -0.145. The Labute approximate surface area is 123 Å². The highest BCUT2D eigenvalue weighted by molar-refractivity contribution is 8.00. The summed E-state index contributed by atoms with van der Waals surface area (Å²) in [6.07, 6.45) is 4.08. The summed E-state index contributed by atoms with van der Waals surface area (Å²) in [6, 6.07) is 7.68. The van der Waals surface area contributed by atoms with Crippen LogP contribution in [-0.4, -0.2) is 17.2 Å². The summed E-state index contributed by atoms with van der Waals surface area (Å²) < 4.78 is 5.52. The largest absolute Gasteiger partial charge is 0.451 e. The lowest BCUT2D eigenvalue weighted by atomic mass is 9.76. The molecule has 0 amide bonds. The molecule has 106 valence electrons. The number of hydrogen-bond donors (Lipinski definition) is 0. The van der Waals surface area contributed by atoms with E-state index in [0.29, 0.717) is 0 Å². The number of hydrogen-bond acceptors (Lipinski definition) is 4. The third-order valence-corrected chi connectivity index (χ3v) is 5.47. The van der Waals surface area contributed by atoms with Crippen LogP contribution in [0.1, 0.15) is 43.0 Å². The number of ether oxygens (including phenoxy) is 1. The van der Waals surface area contributed by atoms with E-state index in [0.717, 1.165) is 36.1 Å². The minimum absolute atomic E-state index is 0.00394.